The van der Waals surface area contributed by atoms with E-state index in [2.05, 4.69) is 53.5 Å². The number of pyridine rings is 1. The zero-order chi connectivity index (χ0) is 29.1. The number of carbonyl (C=O) groups is 3. The molecule has 6 rings (SSSR count). The second-order valence-electron chi connectivity index (χ2n) is 11.0. The molecular weight excluding hydrogens is 588 g/mol. The maximum absolute atomic E-state index is 13.8. The Bertz CT molecular complexity index is 1720. The lowest BCUT2D eigenvalue weighted by Crippen LogP contribution is -2.47. The standard InChI is InChI=1S/C29H29BrN8O3/c1-15-5-8-23(30)34-26(15)35-27(41)21-10-29(3)11-22(29)38(21)24(40)14-37-20-7-6-17(9-19(20)25(36-37)16(2)39)18-12-32-28(31-4)33-13-18/h5-9,12-13,21-22H,10-11,14H2,1-4H3,(H,31,32,33)(H,34,35,41)/t21-,22?,29-/m0/s1. The van der Waals surface area contributed by atoms with E-state index in [1.807, 2.05) is 37.3 Å². The number of fused-ring (bicyclic) bond motifs is 2. The Labute approximate surface area is 244 Å². The summed E-state index contributed by atoms with van der Waals surface area (Å²) in [7, 11) is 1.75. The van der Waals surface area contributed by atoms with Crippen LogP contribution in [0.1, 0.15) is 42.7 Å². The molecule has 2 fully saturated rings. The molecule has 41 heavy (non-hydrogen) atoms. The first-order chi connectivity index (χ1) is 19.6. The molecule has 1 aromatic carbocycles. The highest BCUT2D eigenvalue weighted by molar-refractivity contribution is 9.10. The van der Waals surface area contributed by atoms with Crippen molar-refractivity contribution in [2.45, 2.75) is 52.2 Å². The zero-order valence-corrected chi connectivity index (χ0v) is 24.7. The summed E-state index contributed by atoms with van der Waals surface area (Å²) in [5.74, 6) is 0.300. The number of amides is 2. The van der Waals surface area contributed by atoms with Crippen molar-refractivity contribution in [1.29, 1.82) is 0 Å². The quantitative estimate of drug-likeness (QED) is 0.233. The maximum Gasteiger partial charge on any atom is 0.248 e. The van der Waals surface area contributed by atoms with Crippen LogP contribution in [-0.4, -0.2) is 66.4 Å². The summed E-state index contributed by atoms with van der Waals surface area (Å²) in [6.07, 6.45) is 4.85. The fourth-order valence-corrected chi connectivity index (χ4v) is 6.06. The third-order valence-electron chi connectivity index (χ3n) is 8.11. The van der Waals surface area contributed by atoms with E-state index in [0.29, 0.717) is 33.7 Å². The number of benzene rings is 1. The van der Waals surface area contributed by atoms with Gasteiger partial charge < -0.3 is 15.5 Å². The topological polar surface area (TPSA) is 135 Å². The molecular formula is C29H29BrN8O3. The van der Waals surface area contributed by atoms with Crippen LogP contribution >= 0.6 is 15.9 Å². The van der Waals surface area contributed by atoms with Crippen molar-refractivity contribution in [2.75, 3.05) is 17.7 Å². The van der Waals surface area contributed by atoms with Gasteiger partial charge in [0.15, 0.2) is 5.78 Å². The summed E-state index contributed by atoms with van der Waals surface area (Å²) in [5, 5.41) is 11.0. The van der Waals surface area contributed by atoms with Gasteiger partial charge in [-0.1, -0.05) is 19.1 Å². The van der Waals surface area contributed by atoms with Crippen molar-refractivity contribution in [3.05, 3.63) is 58.6 Å². The Morgan fingerprint density at radius 2 is 1.85 bits per heavy atom. The summed E-state index contributed by atoms with van der Waals surface area (Å²) in [5.41, 5.74) is 3.30. The van der Waals surface area contributed by atoms with Crippen molar-refractivity contribution in [3.8, 4) is 11.1 Å². The van der Waals surface area contributed by atoms with Gasteiger partial charge in [0.05, 0.1) is 5.52 Å². The number of hydrogen-bond acceptors (Lipinski definition) is 8. The summed E-state index contributed by atoms with van der Waals surface area (Å²) >= 11 is 3.35. The first-order valence-corrected chi connectivity index (χ1v) is 14.1. The Hall–Kier alpha value is -4.19. The summed E-state index contributed by atoms with van der Waals surface area (Å²) in [6, 6.07) is 8.66. The fraction of sp³-hybridized carbons (Fsp3) is 0.345. The largest absolute Gasteiger partial charge is 0.357 e. The molecule has 12 heteroatoms. The second kappa shape index (κ2) is 10.0. The number of anilines is 2. The van der Waals surface area contributed by atoms with Crippen molar-refractivity contribution in [1.82, 2.24) is 29.6 Å². The van der Waals surface area contributed by atoms with Crippen molar-refractivity contribution >= 4 is 56.2 Å². The lowest BCUT2D eigenvalue weighted by molar-refractivity contribution is -0.138. The first kappa shape index (κ1) is 27.0. The van der Waals surface area contributed by atoms with E-state index in [4.69, 9.17) is 0 Å². The molecule has 3 aromatic heterocycles. The van der Waals surface area contributed by atoms with Crippen LogP contribution in [0.4, 0.5) is 11.8 Å². The van der Waals surface area contributed by atoms with Gasteiger partial charge >= 0.3 is 0 Å². The molecule has 210 valence electrons. The Kier molecular flexibility index (Phi) is 6.60. The van der Waals surface area contributed by atoms with Crippen LogP contribution in [0.25, 0.3) is 22.0 Å². The predicted octanol–water partition coefficient (Wildman–Crippen LogP) is 4.22. The molecule has 0 radical (unpaired) electrons. The summed E-state index contributed by atoms with van der Waals surface area (Å²) in [6.45, 7) is 5.35. The smallest absolute Gasteiger partial charge is 0.248 e. The Balaban J connectivity index is 1.28. The van der Waals surface area contributed by atoms with Gasteiger partial charge in [-0.2, -0.15) is 5.10 Å². The number of aryl methyl sites for hydroxylation is 1. The minimum absolute atomic E-state index is 0.0106. The number of likely N-dealkylation sites (tertiary alicyclic amines) is 1. The molecule has 0 spiro atoms. The summed E-state index contributed by atoms with van der Waals surface area (Å²) < 4.78 is 2.18. The van der Waals surface area contributed by atoms with Gasteiger partial charge in [0.25, 0.3) is 0 Å². The van der Waals surface area contributed by atoms with Gasteiger partial charge in [0.2, 0.25) is 17.8 Å². The molecule has 1 unspecified atom stereocenters. The number of rotatable bonds is 7. The van der Waals surface area contributed by atoms with Gasteiger partial charge in [-0.05, 0) is 70.4 Å². The van der Waals surface area contributed by atoms with Gasteiger partial charge in [-0.25, -0.2) is 15.0 Å². The molecule has 4 heterocycles. The highest BCUT2D eigenvalue weighted by Gasteiger charge is 2.64. The molecule has 1 saturated heterocycles. The minimum Gasteiger partial charge on any atom is -0.357 e. The van der Waals surface area contributed by atoms with Crippen molar-refractivity contribution < 1.29 is 14.4 Å². The van der Waals surface area contributed by atoms with Gasteiger partial charge in [-0.15, -0.1) is 0 Å². The van der Waals surface area contributed by atoms with E-state index in [1.165, 1.54) is 6.92 Å². The minimum atomic E-state index is -0.618. The molecule has 4 aromatic rings. The van der Waals surface area contributed by atoms with Crippen molar-refractivity contribution in [2.24, 2.45) is 5.41 Å². The van der Waals surface area contributed by atoms with E-state index >= 15 is 0 Å². The molecule has 1 aliphatic carbocycles. The van der Waals surface area contributed by atoms with E-state index in [-0.39, 0.29) is 41.3 Å². The van der Waals surface area contributed by atoms with Crippen LogP contribution < -0.4 is 10.6 Å². The lowest BCUT2D eigenvalue weighted by atomic mass is 10.0. The number of aromatic nitrogens is 5. The van der Waals surface area contributed by atoms with E-state index < -0.39 is 6.04 Å². The predicted molar refractivity (Wildman–Crippen MR) is 157 cm³/mol. The summed E-state index contributed by atoms with van der Waals surface area (Å²) in [4.78, 5) is 54.4. The molecule has 2 aliphatic rings. The van der Waals surface area contributed by atoms with Crippen LogP contribution in [0.2, 0.25) is 0 Å². The number of nitrogens with zero attached hydrogens (tertiary/aromatic N) is 6. The van der Waals surface area contributed by atoms with Gasteiger partial charge in [0, 0.05) is 43.4 Å². The first-order valence-electron chi connectivity index (χ1n) is 13.3. The number of nitrogens with one attached hydrogen (secondary N) is 2. The number of piperidine rings is 1. The molecule has 11 nitrogen and oxygen atoms in total. The fourth-order valence-electron chi connectivity index (χ4n) is 5.75. The average Bonchev–Trinajstić information content (AvgIpc) is 3.32. The van der Waals surface area contributed by atoms with Crippen LogP contribution in [0.5, 0.6) is 0 Å². The van der Waals surface area contributed by atoms with Crippen LogP contribution in [0, 0.1) is 12.3 Å². The molecule has 1 saturated carbocycles. The monoisotopic (exact) mass is 616 g/mol. The van der Waals surface area contributed by atoms with Crippen molar-refractivity contribution in [3.63, 3.8) is 0 Å². The number of ketones is 1. The molecule has 2 amide bonds. The van der Waals surface area contributed by atoms with E-state index in [9.17, 15) is 14.4 Å². The Morgan fingerprint density at radius 3 is 2.56 bits per heavy atom. The number of carbonyl (C=O) groups excluding carboxylic acids is 3. The number of Topliss-reactive ketones (excluding diaryl/α,β-unsaturated/α-hetero) is 1. The third kappa shape index (κ3) is 4.86. The third-order valence-corrected chi connectivity index (χ3v) is 8.55. The molecule has 2 N–H and O–H groups in total. The lowest BCUT2D eigenvalue weighted by Gasteiger charge is -2.27. The van der Waals surface area contributed by atoms with E-state index in [1.54, 1.807) is 29.0 Å². The molecule has 0 bridgehead atoms. The maximum atomic E-state index is 13.8. The van der Waals surface area contributed by atoms with Gasteiger partial charge in [0.1, 0.15) is 28.7 Å². The average molecular weight is 618 g/mol. The number of halogens is 1. The second-order valence-corrected chi connectivity index (χ2v) is 11.8. The van der Waals surface area contributed by atoms with Gasteiger partial charge in [-0.3, -0.25) is 19.1 Å². The SMILES string of the molecule is CNc1ncc(-c2ccc3c(c2)c(C(C)=O)nn3CC(=O)N2C3C[C@]3(C)C[C@H]2C(=O)Nc2nc(Br)ccc2C)cn1. The van der Waals surface area contributed by atoms with Crippen LogP contribution in [0.15, 0.2) is 47.3 Å². The van der Waals surface area contributed by atoms with E-state index in [0.717, 1.165) is 23.1 Å². The van der Waals surface area contributed by atoms with Crippen LogP contribution in [0.3, 0.4) is 0 Å². The molecule has 3 atom stereocenters. The Morgan fingerprint density at radius 1 is 1.10 bits per heavy atom. The highest BCUT2D eigenvalue weighted by Crippen LogP contribution is 2.59. The normalized spacial score (nSPS) is 21.0. The number of hydrogen-bond donors (Lipinski definition) is 2. The molecule has 1 aliphatic heterocycles. The highest BCUT2D eigenvalue weighted by atomic mass is 79.9. The van der Waals surface area contributed by atoms with Crippen LogP contribution in [-0.2, 0) is 16.1 Å². The zero-order valence-electron chi connectivity index (χ0n) is 23.1.